The second kappa shape index (κ2) is 9.47. The lowest BCUT2D eigenvalue weighted by Gasteiger charge is -2.30. The molecule has 1 aliphatic heterocycles. The van der Waals surface area contributed by atoms with E-state index in [0.717, 1.165) is 44.8 Å². The molecule has 2 amide bonds. The highest BCUT2D eigenvalue weighted by Crippen LogP contribution is 2.08. The number of carbonyl (C=O) groups excluding carboxylic acids is 1. The normalized spacial score (nSPS) is 15.4. The van der Waals surface area contributed by atoms with Crippen molar-refractivity contribution in [2.75, 3.05) is 45.9 Å². The number of nitrogens with one attached hydrogen (secondary N) is 1. The fourth-order valence-electron chi connectivity index (χ4n) is 2.54. The van der Waals surface area contributed by atoms with Gasteiger partial charge in [-0.05, 0) is 24.1 Å². The Balaban J connectivity index is 1.94. The van der Waals surface area contributed by atoms with Crippen LogP contribution in [-0.4, -0.2) is 61.8 Å². The van der Waals surface area contributed by atoms with Gasteiger partial charge in [-0.25, -0.2) is 9.18 Å². The van der Waals surface area contributed by atoms with Crippen LogP contribution in [0.2, 0.25) is 0 Å². The van der Waals surface area contributed by atoms with Gasteiger partial charge in [-0.2, -0.15) is 0 Å². The summed E-state index contributed by atoms with van der Waals surface area (Å²) in [5.74, 6) is -0.274. The summed E-state index contributed by atoms with van der Waals surface area (Å²) in [4.78, 5) is 16.4. The third-order valence-corrected chi connectivity index (χ3v) is 3.87. The summed E-state index contributed by atoms with van der Waals surface area (Å²) in [6.07, 6.45) is 0.892. The molecule has 0 unspecified atom stereocenters. The highest BCUT2D eigenvalue weighted by atomic mass is 19.1. The Kier molecular flexibility index (Phi) is 7.29. The molecule has 1 N–H and O–H groups in total. The van der Waals surface area contributed by atoms with E-state index >= 15 is 0 Å². The molecule has 23 heavy (non-hydrogen) atoms. The van der Waals surface area contributed by atoms with E-state index in [9.17, 15) is 9.18 Å². The SMILES string of the molecule is CCCNC(=O)N(CCN1CCOCC1)Cc1cccc(F)c1. The summed E-state index contributed by atoms with van der Waals surface area (Å²) in [7, 11) is 0. The first-order chi connectivity index (χ1) is 11.2. The molecule has 1 aromatic carbocycles. The van der Waals surface area contributed by atoms with Crippen LogP contribution in [0.3, 0.4) is 0 Å². The monoisotopic (exact) mass is 323 g/mol. The maximum atomic E-state index is 13.4. The van der Waals surface area contributed by atoms with Crippen molar-refractivity contribution < 1.29 is 13.9 Å². The van der Waals surface area contributed by atoms with Gasteiger partial charge in [0, 0.05) is 39.3 Å². The van der Waals surface area contributed by atoms with Gasteiger partial charge in [-0.15, -0.1) is 0 Å². The minimum absolute atomic E-state index is 0.0932. The van der Waals surface area contributed by atoms with Crippen LogP contribution in [0.1, 0.15) is 18.9 Å². The molecular weight excluding hydrogens is 297 g/mol. The average molecular weight is 323 g/mol. The van der Waals surface area contributed by atoms with Crippen molar-refractivity contribution in [1.82, 2.24) is 15.1 Å². The smallest absolute Gasteiger partial charge is 0.317 e. The fourth-order valence-corrected chi connectivity index (χ4v) is 2.54. The van der Waals surface area contributed by atoms with E-state index in [-0.39, 0.29) is 11.8 Å². The number of benzene rings is 1. The molecule has 0 atom stereocenters. The van der Waals surface area contributed by atoms with Gasteiger partial charge >= 0.3 is 6.03 Å². The number of carbonyl (C=O) groups is 1. The van der Waals surface area contributed by atoms with Crippen LogP contribution in [0, 0.1) is 5.82 Å². The predicted octanol–water partition coefficient (Wildman–Crippen LogP) is 2.08. The Morgan fingerprint density at radius 3 is 2.87 bits per heavy atom. The molecule has 0 spiro atoms. The van der Waals surface area contributed by atoms with Crippen molar-refractivity contribution in [2.24, 2.45) is 0 Å². The number of hydrogen-bond acceptors (Lipinski definition) is 3. The number of halogens is 1. The second-order valence-electron chi connectivity index (χ2n) is 5.74. The van der Waals surface area contributed by atoms with Gasteiger partial charge in [0.1, 0.15) is 5.82 Å². The average Bonchev–Trinajstić information content (AvgIpc) is 2.57. The molecule has 1 aliphatic rings. The lowest BCUT2D eigenvalue weighted by Crippen LogP contribution is -2.46. The minimum Gasteiger partial charge on any atom is -0.379 e. The molecular formula is C17H26FN3O2. The highest BCUT2D eigenvalue weighted by Gasteiger charge is 2.17. The molecule has 1 heterocycles. The van der Waals surface area contributed by atoms with Crippen LogP contribution >= 0.6 is 0 Å². The molecule has 0 aliphatic carbocycles. The molecule has 128 valence electrons. The number of amides is 2. The van der Waals surface area contributed by atoms with Gasteiger partial charge < -0.3 is 15.0 Å². The molecule has 1 saturated heterocycles. The van der Waals surface area contributed by atoms with Crippen LogP contribution in [0.15, 0.2) is 24.3 Å². The van der Waals surface area contributed by atoms with E-state index in [4.69, 9.17) is 4.74 Å². The zero-order chi connectivity index (χ0) is 16.5. The van der Waals surface area contributed by atoms with Crippen molar-refractivity contribution in [3.63, 3.8) is 0 Å². The minimum atomic E-state index is -0.274. The molecule has 0 aromatic heterocycles. The number of rotatable bonds is 7. The second-order valence-corrected chi connectivity index (χ2v) is 5.74. The quantitative estimate of drug-likeness (QED) is 0.835. The summed E-state index contributed by atoms with van der Waals surface area (Å²) in [5, 5.41) is 2.91. The molecule has 0 radical (unpaired) electrons. The first-order valence-corrected chi connectivity index (χ1v) is 8.26. The standard InChI is InChI=1S/C17H26FN3O2/c1-2-6-19-17(22)21(8-7-20-9-11-23-12-10-20)14-15-4-3-5-16(18)13-15/h3-5,13H,2,6-12,14H2,1H3,(H,19,22). The number of hydrogen-bond donors (Lipinski definition) is 1. The van der Waals surface area contributed by atoms with Crippen LogP contribution < -0.4 is 5.32 Å². The summed E-state index contributed by atoms with van der Waals surface area (Å²) < 4.78 is 18.7. The van der Waals surface area contributed by atoms with E-state index in [1.165, 1.54) is 12.1 Å². The van der Waals surface area contributed by atoms with Gasteiger partial charge in [0.05, 0.1) is 13.2 Å². The van der Waals surface area contributed by atoms with E-state index < -0.39 is 0 Å². The Hall–Kier alpha value is -1.66. The molecule has 5 nitrogen and oxygen atoms in total. The number of urea groups is 1. The number of ether oxygens (including phenoxy) is 1. The van der Waals surface area contributed by atoms with E-state index in [1.54, 1.807) is 11.0 Å². The van der Waals surface area contributed by atoms with Crippen molar-refractivity contribution >= 4 is 6.03 Å². The lowest BCUT2D eigenvalue weighted by molar-refractivity contribution is 0.0346. The van der Waals surface area contributed by atoms with Crippen molar-refractivity contribution in [2.45, 2.75) is 19.9 Å². The maximum Gasteiger partial charge on any atom is 0.317 e. The van der Waals surface area contributed by atoms with Crippen LogP contribution in [-0.2, 0) is 11.3 Å². The third kappa shape index (κ3) is 6.15. The molecule has 1 fully saturated rings. The van der Waals surface area contributed by atoms with Crippen molar-refractivity contribution in [3.05, 3.63) is 35.6 Å². The van der Waals surface area contributed by atoms with Gasteiger partial charge in [0.25, 0.3) is 0 Å². The summed E-state index contributed by atoms with van der Waals surface area (Å²) in [5.41, 5.74) is 0.804. The maximum absolute atomic E-state index is 13.4. The van der Waals surface area contributed by atoms with Gasteiger partial charge in [-0.3, -0.25) is 4.90 Å². The van der Waals surface area contributed by atoms with E-state index in [2.05, 4.69) is 10.2 Å². The molecule has 0 bridgehead atoms. The van der Waals surface area contributed by atoms with Gasteiger partial charge in [0.2, 0.25) is 0 Å². The summed E-state index contributed by atoms with van der Waals surface area (Å²) in [6.45, 7) is 7.77. The lowest BCUT2D eigenvalue weighted by atomic mass is 10.2. The molecule has 2 rings (SSSR count). The highest BCUT2D eigenvalue weighted by molar-refractivity contribution is 5.74. The van der Waals surface area contributed by atoms with Crippen molar-refractivity contribution in [3.8, 4) is 0 Å². The van der Waals surface area contributed by atoms with Crippen LogP contribution in [0.25, 0.3) is 0 Å². The zero-order valence-corrected chi connectivity index (χ0v) is 13.8. The molecule has 1 aromatic rings. The Morgan fingerprint density at radius 1 is 1.39 bits per heavy atom. The summed E-state index contributed by atoms with van der Waals surface area (Å²) >= 11 is 0. The number of nitrogens with zero attached hydrogens (tertiary/aromatic N) is 2. The first kappa shape index (κ1) is 17.7. The Labute approximate surface area is 137 Å². The predicted molar refractivity (Wildman–Crippen MR) is 87.8 cm³/mol. The van der Waals surface area contributed by atoms with E-state index in [1.807, 2.05) is 13.0 Å². The summed E-state index contributed by atoms with van der Waals surface area (Å²) in [6, 6.07) is 6.32. The fraction of sp³-hybridized carbons (Fsp3) is 0.588. The van der Waals surface area contributed by atoms with Gasteiger partial charge in [-0.1, -0.05) is 19.1 Å². The number of morpholine rings is 1. The van der Waals surface area contributed by atoms with E-state index in [0.29, 0.717) is 19.6 Å². The molecule has 6 heteroatoms. The molecule has 0 saturated carbocycles. The van der Waals surface area contributed by atoms with Crippen LogP contribution in [0.5, 0.6) is 0 Å². The first-order valence-electron chi connectivity index (χ1n) is 8.26. The topological polar surface area (TPSA) is 44.8 Å². The van der Waals surface area contributed by atoms with Crippen LogP contribution in [0.4, 0.5) is 9.18 Å². The Bertz CT molecular complexity index is 492. The third-order valence-electron chi connectivity index (χ3n) is 3.87. The largest absolute Gasteiger partial charge is 0.379 e. The zero-order valence-electron chi connectivity index (χ0n) is 13.8. The Morgan fingerprint density at radius 2 is 2.17 bits per heavy atom. The van der Waals surface area contributed by atoms with Gasteiger partial charge in [0.15, 0.2) is 0 Å². The van der Waals surface area contributed by atoms with Crippen molar-refractivity contribution in [1.29, 1.82) is 0 Å².